The quantitative estimate of drug-likeness (QED) is 0.649. The van der Waals surface area contributed by atoms with Gasteiger partial charge in [-0.05, 0) is 26.7 Å². The van der Waals surface area contributed by atoms with Crippen LogP contribution >= 0.6 is 0 Å². The maximum absolute atomic E-state index is 4.36. The Hall–Kier alpha value is -0.730. The predicted molar refractivity (Wildman–Crippen MR) is 52.4 cm³/mol. The minimum Gasteiger partial charge on any atom is -0.356 e. The van der Waals surface area contributed by atoms with Crippen molar-refractivity contribution in [1.82, 2.24) is 10.6 Å². The molecule has 3 nitrogen and oxygen atoms in total. The van der Waals surface area contributed by atoms with Crippen LogP contribution in [0.2, 0.25) is 0 Å². The highest BCUT2D eigenvalue weighted by atomic mass is 15.2. The fourth-order valence-electron chi connectivity index (χ4n) is 1.03. The van der Waals surface area contributed by atoms with Crippen LogP contribution < -0.4 is 10.6 Å². The van der Waals surface area contributed by atoms with Gasteiger partial charge in [-0.25, -0.2) is 0 Å². The van der Waals surface area contributed by atoms with Crippen molar-refractivity contribution in [2.45, 2.75) is 39.2 Å². The van der Waals surface area contributed by atoms with E-state index in [0.717, 1.165) is 31.9 Å². The summed E-state index contributed by atoms with van der Waals surface area (Å²) in [4.78, 5) is 4.36. The summed E-state index contributed by atoms with van der Waals surface area (Å²) >= 11 is 0. The van der Waals surface area contributed by atoms with E-state index in [9.17, 15) is 0 Å². The largest absolute Gasteiger partial charge is 0.356 e. The Balaban J connectivity index is 2.44. The highest BCUT2D eigenvalue weighted by Crippen LogP contribution is 2.06. The Morgan fingerprint density at radius 3 is 2.83 bits per heavy atom. The molecule has 70 valence electrons. The molecule has 1 aliphatic heterocycles. The second kappa shape index (κ2) is 3.78. The van der Waals surface area contributed by atoms with Gasteiger partial charge < -0.3 is 10.6 Å². The lowest BCUT2D eigenvalue weighted by atomic mass is 10.0. The standard InChI is InChI=1S/C9H19N3/c1-4-9(2,3)12-8-10-6-5-7-11-8/h4-7H2,1-3H3,(H2,10,11,12). The number of hydrogen-bond donors (Lipinski definition) is 2. The maximum Gasteiger partial charge on any atom is 0.191 e. The number of aliphatic imine (C=N–C) groups is 1. The Bertz CT molecular complexity index is 173. The third-order valence-corrected chi connectivity index (χ3v) is 2.24. The summed E-state index contributed by atoms with van der Waals surface area (Å²) in [5, 5.41) is 6.63. The molecule has 0 radical (unpaired) electrons. The minimum atomic E-state index is 0.156. The molecule has 0 aliphatic carbocycles. The summed E-state index contributed by atoms with van der Waals surface area (Å²) in [7, 11) is 0. The molecule has 0 aromatic heterocycles. The highest BCUT2D eigenvalue weighted by Gasteiger charge is 2.16. The van der Waals surface area contributed by atoms with Gasteiger partial charge in [0.1, 0.15) is 0 Å². The van der Waals surface area contributed by atoms with Crippen LogP contribution in [0, 0.1) is 0 Å². The molecule has 0 unspecified atom stereocenters. The van der Waals surface area contributed by atoms with Crippen LogP contribution in [0.5, 0.6) is 0 Å². The van der Waals surface area contributed by atoms with E-state index in [-0.39, 0.29) is 5.54 Å². The highest BCUT2D eigenvalue weighted by molar-refractivity contribution is 5.80. The fourth-order valence-corrected chi connectivity index (χ4v) is 1.03. The number of nitrogens with zero attached hydrogens (tertiary/aromatic N) is 1. The molecule has 1 heterocycles. The van der Waals surface area contributed by atoms with Gasteiger partial charge in [-0.2, -0.15) is 0 Å². The van der Waals surface area contributed by atoms with Gasteiger partial charge in [0, 0.05) is 18.6 Å². The van der Waals surface area contributed by atoms with E-state index < -0.39 is 0 Å². The first-order valence-corrected chi connectivity index (χ1v) is 4.70. The topological polar surface area (TPSA) is 36.4 Å². The van der Waals surface area contributed by atoms with Crippen LogP contribution in [0.25, 0.3) is 0 Å². The Morgan fingerprint density at radius 1 is 1.58 bits per heavy atom. The van der Waals surface area contributed by atoms with Crippen LogP contribution in [-0.2, 0) is 0 Å². The van der Waals surface area contributed by atoms with Crippen molar-refractivity contribution in [3.8, 4) is 0 Å². The lowest BCUT2D eigenvalue weighted by Crippen LogP contribution is -2.50. The van der Waals surface area contributed by atoms with Gasteiger partial charge >= 0.3 is 0 Å². The van der Waals surface area contributed by atoms with Crippen molar-refractivity contribution >= 4 is 5.96 Å². The summed E-state index contributed by atoms with van der Waals surface area (Å²) in [5.74, 6) is 0.966. The molecule has 1 rings (SSSR count). The van der Waals surface area contributed by atoms with Gasteiger partial charge in [-0.1, -0.05) is 6.92 Å². The van der Waals surface area contributed by atoms with Crippen molar-refractivity contribution in [2.75, 3.05) is 13.1 Å². The molecule has 0 amide bonds. The summed E-state index contributed by atoms with van der Waals surface area (Å²) in [6.07, 6.45) is 2.26. The Morgan fingerprint density at radius 2 is 2.33 bits per heavy atom. The smallest absolute Gasteiger partial charge is 0.191 e. The number of rotatable bonds is 2. The Labute approximate surface area is 74.6 Å². The van der Waals surface area contributed by atoms with Crippen molar-refractivity contribution in [2.24, 2.45) is 4.99 Å². The second-order valence-electron chi connectivity index (χ2n) is 3.87. The Kier molecular flexibility index (Phi) is 2.95. The molecule has 0 aromatic carbocycles. The molecule has 0 bridgehead atoms. The molecule has 0 fully saturated rings. The van der Waals surface area contributed by atoms with E-state index in [0.29, 0.717) is 0 Å². The van der Waals surface area contributed by atoms with Crippen molar-refractivity contribution in [1.29, 1.82) is 0 Å². The van der Waals surface area contributed by atoms with Crippen LogP contribution in [0.1, 0.15) is 33.6 Å². The average Bonchev–Trinajstić information content (AvgIpc) is 2.06. The average molecular weight is 169 g/mol. The zero-order valence-corrected chi connectivity index (χ0v) is 8.28. The van der Waals surface area contributed by atoms with Gasteiger partial charge in [-0.3, -0.25) is 4.99 Å². The zero-order chi connectivity index (χ0) is 9.03. The first kappa shape index (κ1) is 9.36. The summed E-state index contributed by atoms with van der Waals surface area (Å²) in [6.45, 7) is 8.55. The third-order valence-electron chi connectivity index (χ3n) is 2.24. The molecule has 0 saturated heterocycles. The zero-order valence-electron chi connectivity index (χ0n) is 8.28. The molecule has 0 saturated carbocycles. The molecule has 1 aliphatic rings. The van der Waals surface area contributed by atoms with Gasteiger partial charge in [0.2, 0.25) is 0 Å². The number of hydrogen-bond acceptors (Lipinski definition) is 3. The number of guanidine groups is 1. The minimum absolute atomic E-state index is 0.156. The van der Waals surface area contributed by atoms with Crippen molar-refractivity contribution in [3.63, 3.8) is 0 Å². The van der Waals surface area contributed by atoms with Crippen LogP contribution in [0.15, 0.2) is 4.99 Å². The van der Waals surface area contributed by atoms with Crippen molar-refractivity contribution < 1.29 is 0 Å². The molecule has 2 N–H and O–H groups in total. The van der Waals surface area contributed by atoms with Gasteiger partial charge in [0.05, 0.1) is 0 Å². The predicted octanol–water partition coefficient (Wildman–Crippen LogP) is 1.11. The van der Waals surface area contributed by atoms with E-state index in [1.807, 2.05) is 0 Å². The molecular formula is C9H19N3. The normalized spacial score (nSPS) is 18.1. The van der Waals surface area contributed by atoms with E-state index in [1.54, 1.807) is 0 Å². The molecule has 12 heavy (non-hydrogen) atoms. The van der Waals surface area contributed by atoms with Crippen molar-refractivity contribution in [3.05, 3.63) is 0 Å². The monoisotopic (exact) mass is 169 g/mol. The molecular weight excluding hydrogens is 150 g/mol. The molecule has 3 heteroatoms. The van der Waals surface area contributed by atoms with Gasteiger partial charge in [-0.15, -0.1) is 0 Å². The van der Waals surface area contributed by atoms with E-state index >= 15 is 0 Å². The molecule has 0 spiro atoms. The van der Waals surface area contributed by atoms with E-state index in [4.69, 9.17) is 0 Å². The first-order chi connectivity index (χ1) is 5.64. The van der Waals surface area contributed by atoms with E-state index in [2.05, 4.69) is 36.4 Å². The summed E-state index contributed by atoms with van der Waals surface area (Å²) in [5.41, 5.74) is 0.156. The first-order valence-electron chi connectivity index (χ1n) is 4.70. The lowest BCUT2D eigenvalue weighted by molar-refractivity contribution is 0.435. The van der Waals surface area contributed by atoms with Gasteiger partial charge in [0.25, 0.3) is 0 Å². The SMILES string of the molecule is CCC(C)(C)NC1=NCCCN1. The summed E-state index contributed by atoms with van der Waals surface area (Å²) in [6, 6.07) is 0. The van der Waals surface area contributed by atoms with Crippen LogP contribution in [0.3, 0.4) is 0 Å². The number of nitrogens with one attached hydrogen (secondary N) is 2. The fraction of sp³-hybridized carbons (Fsp3) is 0.889. The molecule has 0 atom stereocenters. The van der Waals surface area contributed by atoms with Gasteiger partial charge in [0.15, 0.2) is 5.96 Å². The second-order valence-corrected chi connectivity index (χ2v) is 3.87. The van der Waals surface area contributed by atoms with Crippen LogP contribution in [-0.4, -0.2) is 24.6 Å². The van der Waals surface area contributed by atoms with Crippen LogP contribution in [0.4, 0.5) is 0 Å². The summed E-state index contributed by atoms with van der Waals surface area (Å²) < 4.78 is 0. The van der Waals surface area contributed by atoms with E-state index in [1.165, 1.54) is 0 Å². The molecule has 0 aromatic rings. The maximum atomic E-state index is 4.36. The lowest BCUT2D eigenvalue weighted by Gasteiger charge is -2.28. The third kappa shape index (κ3) is 2.72.